The zero-order valence-electron chi connectivity index (χ0n) is 13.5. The minimum atomic E-state index is -3.74. The number of aryl methyl sites for hydroxylation is 1. The summed E-state index contributed by atoms with van der Waals surface area (Å²) in [6, 6.07) is 7.04. The first-order valence-corrected chi connectivity index (χ1v) is 9.91. The van der Waals surface area contributed by atoms with E-state index in [0.717, 1.165) is 0 Å². The highest BCUT2D eigenvalue weighted by molar-refractivity contribution is 7.99. The van der Waals surface area contributed by atoms with E-state index in [1.807, 2.05) is 0 Å². The molecule has 1 aromatic carbocycles. The third-order valence-corrected chi connectivity index (χ3v) is 4.99. The number of hydrogen-bond donors (Lipinski definition) is 3. The topological polar surface area (TPSA) is 135 Å². The van der Waals surface area contributed by atoms with Crippen LogP contribution in [0.25, 0.3) is 0 Å². The van der Waals surface area contributed by atoms with Gasteiger partial charge in [-0.3, -0.25) is 9.59 Å². The number of thioether (sulfide) groups is 1. The van der Waals surface area contributed by atoms with Crippen LogP contribution in [0, 0.1) is 6.92 Å². The van der Waals surface area contributed by atoms with Crippen molar-refractivity contribution in [3.8, 4) is 0 Å². The van der Waals surface area contributed by atoms with Crippen molar-refractivity contribution in [2.24, 2.45) is 5.14 Å². The summed E-state index contributed by atoms with van der Waals surface area (Å²) < 4.78 is 22.3. The van der Waals surface area contributed by atoms with Crippen molar-refractivity contribution in [3.05, 3.63) is 46.4 Å². The van der Waals surface area contributed by atoms with Gasteiger partial charge in [-0.2, -0.15) is 0 Å². The number of sulfonamides is 1. The van der Waals surface area contributed by atoms with Crippen molar-refractivity contribution in [2.75, 3.05) is 11.1 Å². The predicted molar refractivity (Wildman–Crippen MR) is 96.0 cm³/mol. The van der Waals surface area contributed by atoms with Gasteiger partial charge in [-0.15, -0.1) is 0 Å². The maximum absolute atomic E-state index is 11.9. The molecule has 2 aromatic rings. The van der Waals surface area contributed by atoms with Gasteiger partial charge >= 0.3 is 0 Å². The third kappa shape index (κ3) is 6.33. The lowest BCUT2D eigenvalue weighted by atomic mass is 10.3. The van der Waals surface area contributed by atoms with Gasteiger partial charge in [0.1, 0.15) is 0 Å². The first kappa shape index (κ1) is 19.2. The number of nitrogens with two attached hydrogens (primary N) is 1. The number of H-pyrrole nitrogens is 1. The molecule has 0 unspecified atom stereocenters. The van der Waals surface area contributed by atoms with Crippen LogP contribution in [0.1, 0.15) is 18.5 Å². The van der Waals surface area contributed by atoms with Crippen molar-refractivity contribution >= 4 is 33.4 Å². The highest BCUT2D eigenvalue weighted by Gasteiger charge is 2.08. The summed E-state index contributed by atoms with van der Waals surface area (Å²) in [5.41, 5.74) is 0.942. The second-order valence-electron chi connectivity index (χ2n) is 5.26. The molecule has 0 aliphatic heterocycles. The lowest BCUT2D eigenvalue weighted by molar-refractivity contribution is -0.116. The smallest absolute Gasteiger partial charge is 0.251 e. The van der Waals surface area contributed by atoms with E-state index < -0.39 is 10.0 Å². The van der Waals surface area contributed by atoms with E-state index >= 15 is 0 Å². The Morgan fingerprint density at radius 1 is 1.32 bits per heavy atom. The number of nitrogens with zero attached hydrogens (tertiary/aromatic N) is 1. The minimum Gasteiger partial charge on any atom is -0.326 e. The van der Waals surface area contributed by atoms with Crippen molar-refractivity contribution in [2.45, 2.75) is 29.8 Å². The van der Waals surface area contributed by atoms with Gasteiger partial charge in [-0.05, 0) is 37.6 Å². The van der Waals surface area contributed by atoms with E-state index in [4.69, 9.17) is 5.14 Å². The molecule has 0 aliphatic carbocycles. The normalized spacial score (nSPS) is 11.3. The van der Waals surface area contributed by atoms with Crippen LogP contribution < -0.4 is 16.0 Å². The number of aromatic amines is 1. The number of aromatic nitrogens is 2. The average Bonchev–Trinajstić information content (AvgIpc) is 2.50. The molecule has 0 fully saturated rings. The van der Waals surface area contributed by atoms with Crippen molar-refractivity contribution < 1.29 is 13.2 Å². The lowest BCUT2D eigenvalue weighted by Crippen LogP contribution is -2.13. The Balaban J connectivity index is 1.78. The molecule has 10 heteroatoms. The summed E-state index contributed by atoms with van der Waals surface area (Å²) in [6.07, 6.45) is 0.892. The van der Waals surface area contributed by atoms with Crippen LogP contribution in [0.5, 0.6) is 0 Å². The van der Waals surface area contributed by atoms with Gasteiger partial charge in [0.25, 0.3) is 5.56 Å². The minimum absolute atomic E-state index is 0.0125. The molecule has 0 aliphatic rings. The quantitative estimate of drug-likeness (QED) is 0.374. The van der Waals surface area contributed by atoms with E-state index in [1.54, 1.807) is 6.92 Å². The predicted octanol–water partition coefficient (Wildman–Crippen LogP) is 1.24. The van der Waals surface area contributed by atoms with Gasteiger partial charge in [0, 0.05) is 29.6 Å². The first-order chi connectivity index (χ1) is 11.7. The molecule has 0 radical (unpaired) electrons. The van der Waals surface area contributed by atoms with Crippen molar-refractivity contribution in [1.29, 1.82) is 0 Å². The number of nitrogens with one attached hydrogen (secondary N) is 2. The summed E-state index contributed by atoms with van der Waals surface area (Å²) in [6.45, 7) is 1.74. The molecule has 25 heavy (non-hydrogen) atoms. The molecule has 0 atom stereocenters. The zero-order chi connectivity index (χ0) is 18.4. The standard InChI is InChI=1S/C15H18N4O4S2/c1-10-9-14(21)19-15(17-10)24-8-2-3-13(20)18-11-4-6-12(7-5-11)25(16,22)23/h4-7,9H,2-3,8H2,1H3,(H,18,20)(H2,16,22,23)(H,17,19,21). The SMILES string of the molecule is Cc1cc(=O)[nH]c(SCCCC(=O)Nc2ccc(S(N)(=O)=O)cc2)n1. The molecule has 0 spiro atoms. The number of anilines is 1. The Hall–Kier alpha value is -2.17. The lowest BCUT2D eigenvalue weighted by Gasteiger charge is -2.06. The van der Waals surface area contributed by atoms with Crippen LogP contribution in [-0.2, 0) is 14.8 Å². The van der Waals surface area contributed by atoms with E-state index in [-0.39, 0.29) is 16.4 Å². The highest BCUT2D eigenvalue weighted by Crippen LogP contribution is 2.15. The van der Waals surface area contributed by atoms with Gasteiger partial charge in [0.15, 0.2) is 5.16 Å². The Morgan fingerprint density at radius 2 is 2.00 bits per heavy atom. The molecule has 8 nitrogen and oxygen atoms in total. The molecule has 0 saturated carbocycles. The maximum Gasteiger partial charge on any atom is 0.251 e. The Labute approximate surface area is 149 Å². The molecule has 0 bridgehead atoms. The molecular formula is C15H18N4O4S2. The summed E-state index contributed by atoms with van der Waals surface area (Å²) in [5.74, 6) is 0.444. The summed E-state index contributed by atoms with van der Waals surface area (Å²) in [4.78, 5) is 30.0. The third-order valence-electron chi connectivity index (χ3n) is 3.10. The summed E-state index contributed by atoms with van der Waals surface area (Å²) in [7, 11) is -3.74. The van der Waals surface area contributed by atoms with Gasteiger partial charge < -0.3 is 10.3 Å². The van der Waals surface area contributed by atoms with Crippen molar-refractivity contribution in [3.63, 3.8) is 0 Å². The van der Waals surface area contributed by atoms with Gasteiger partial charge in [-0.25, -0.2) is 18.5 Å². The second-order valence-corrected chi connectivity index (χ2v) is 7.91. The molecule has 1 heterocycles. The van der Waals surface area contributed by atoms with Gasteiger partial charge in [-0.1, -0.05) is 11.8 Å². The van der Waals surface area contributed by atoms with E-state index in [1.165, 1.54) is 42.1 Å². The number of rotatable bonds is 7. The fraction of sp³-hybridized carbons (Fsp3) is 0.267. The number of primary sulfonamides is 1. The number of benzene rings is 1. The van der Waals surface area contributed by atoms with Crippen LogP contribution >= 0.6 is 11.8 Å². The van der Waals surface area contributed by atoms with Crippen LogP contribution in [-0.4, -0.2) is 30.0 Å². The van der Waals surface area contributed by atoms with Crippen LogP contribution in [0.15, 0.2) is 45.2 Å². The van der Waals surface area contributed by atoms with E-state index in [0.29, 0.717) is 35.1 Å². The molecule has 4 N–H and O–H groups in total. The number of hydrogen-bond acceptors (Lipinski definition) is 6. The summed E-state index contributed by atoms with van der Waals surface area (Å²) in [5, 5.41) is 8.22. The molecule has 1 aromatic heterocycles. The zero-order valence-corrected chi connectivity index (χ0v) is 15.1. The number of carbonyl (C=O) groups excluding carboxylic acids is 1. The Bertz CT molecular complexity index is 908. The largest absolute Gasteiger partial charge is 0.326 e. The Morgan fingerprint density at radius 3 is 2.60 bits per heavy atom. The second kappa shape index (κ2) is 8.28. The van der Waals surface area contributed by atoms with Crippen molar-refractivity contribution in [1.82, 2.24) is 9.97 Å². The number of amides is 1. The fourth-order valence-electron chi connectivity index (χ4n) is 1.97. The Kier molecular flexibility index (Phi) is 6.34. The van der Waals surface area contributed by atoms with Crippen LogP contribution in [0.3, 0.4) is 0 Å². The van der Waals surface area contributed by atoms with Crippen LogP contribution in [0.4, 0.5) is 5.69 Å². The maximum atomic E-state index is 11.9. The van der Waals surface area contributed by atoms with E-state index in [2.05, 4.69) is 15.3 Å². The molecule has 0 saturated heterocycles. The molecule has 134 valence electrons. The number of carbonyl (C=O) groups is 1. The van der Waals surface area contributed by atoms with Gasteiger partial charge in [0.2, 0.25) is 15.9 Å². The van der Waals surface area contributed by atoms with Crippen LogP contribution in [0.2, 0.25) is 0 Å². The molecule has 1 amide bonds. The summed E-state index contributed by atoms with van der Waals surface area (Å²) >= 11 is 1.37. The molecular weight excluding hydrogens is 364 g/mol. The van der Waals surface area contributed by atoms with E-state index in [9.17, 15) is 18.0 Å². The van der Waals surface area contributed by atoms with Gasteiger partial charge in [0.05, 0.1) is 4.90 Å². The molecule has 2 rings (SSSR count). The highest BCUT2D eigenvalue weighted by atomic mass is 32.2. The monoisotopic (exact) mass is 382 g/mol. The average molecular weight is 382 g/mol. The first-order valence-electron chi connectivity index (χ1n) is 7.37. The fourth-order valence-corrected chi connectivity index (χ4v) is 3.35.